The van der Waals surface area contributed by atoms with E-state index in [1.54, 1.807) is 18.2 Å². The molecule has 23 heavy (non-hydrogen) atoms. The number of aryl methyl sites for hydroxylation is 1. The van der Waals surface area contributed by atoms with Crippen LogP contribution in [-0.2, 0) is 16.1 Å². The van der Waals surface area contributed by atoms with E-state index < -0.39 is 5.91 Å². The standard InChI is InChI=1S/C14H12Cl2N4O3/c15-8-3-1-4-9(13(8)16)17-12(21)7-22-18-10-5-2-6-11-14(10)20-23-19-11/h1,3-4H,2,5-7H2,(H,17,21). The van der Waals surface area contributed by atoms with Gasteiger partial charge in [0.15, 0.2) is 12.3 Å². The summed E-state index contributed by atoms with van der Waals surface area (Å²) in [6, 6.07) is 4.97. The molecule has 0 unspecified atom stereocenters. The smallest absolute Gasteiger partial charge is 0.265 e. The Hall–Kier alpha value is -2.12. The van der Waals surface area contributed by atoms with Crippen molar-refractivity contribution in [2.75, 3.05) is 11.9 Å². The average molecular weight is 355 g/mol. The van der Waals surface area contributed by atoms with Gasteiger partial charge in [-0.25, -0.2) is 4.63 Å². The minimum Gasteiger partial charge on any atom is -0.385 e. The van der Waals surface area contributed by atoms with E-state index in [4.69, 9.17) is 28.0 Å². The third kappa shape index (κ3) is 3.62. The van der Waals surface area contributed by atoms with Gasteiger partial charge in [0.2, 0.25) is 0 Å². The SMILES string of the molecule is O=C(CON=C1CCCc2nonc21)Nc1cccc(Cl)c1Cl. The number of aromatic nitrogens is 2. The van der Waals surface area contributed by atoms with Crippen LogP contribution in [0.3, 0.4) is 0 Å². The number of fused-ring (bicyclic) bond motifs is 1. The normalized spacial score (nSPS) is 15.3. The highest BCUT2D eigenvalue weighted by molar-refractivity contribution is 6.43. The van der Waals surface area contributed by atoms with Crippen LogP contribution in [0.25, 0.3) is 0 Å². The predicted octanol–water partition coefficient (Wildman–Crippen LogP) is 3.07. The van der Waals surface area contributed by atoms with E-state index in [0.717, 1.165) is 18.5 Å². The number of carbonyl (C=O) groups excluding carboxylic acids is 1. The van der Waals surface area contributed by atoms with Gasteiger partial charge >= 0.3 is 0 Å². The number of hydrogen-bond acceptors (Lipinski definition) is 6. The lowest BCUT2D eigenvalue weighted by Gasteiger charge is -2.10. The van der Waals surface area contributed by atoms with Crippen LogP contribution in [0.15, 0.2) is 28.0 Å². The number of benzene rings is 1. The van der Waals surface area contributed by atoms with Crippen molar-refractivity contribution < 1.29 is 14.3 Å². The fraction of sp³-hybridized carbons (Fsp3) is 0.286. The van der Waals surface area contributed by atoms with Crippen molar-refractivity contribution in [3.63, 3.8) is 0 Å². The molecule has 120 valence electrons. The summed E-state index contributed by atoms with van der Waals surface area (Å²) in [6.45, 7) is -0.257. The lowest BCUT2D eigenvalue weighted by atomic mass is 9.99. The van der Waals surface area contributed by atoms with Gasteiger partial charge in [0.25, 0.3) is 5.91 Å². The van der Waals surface area contributed by atoms with Crippen molar-refractivity contribution in [1.82, 2.24) is 10.3 Å². The van der Waals surface area contributed by atoms with E-state index in [9.17, 15) is 4.79 Å². The van der Waals surface area contributed by atoms with Gasteiger partial charge in [-0.1, -0.05) is 39.6 Å². The summed E-state index contributed by atoms with van der Waals surface area (Å²) >= 11 is 11.9. The Morgan fingerprint density at radius 2 is 2.22 bits per heavy atom. The maximum absolute atomic E-state index is 11.9. The van der Waals surface area contributed by atoms with E-state index in [-0.39, 0.29) is 11.6 Å². The minimum absolute atomic E-state index is 0.257. The van der Waals surface area contributed by atoms with E-state index in [1.807, 2.05) is 0 Å². The molecule has 3 rings (SSSR count). The highest BCUT2D eigenvalue weighted by Crippen LogP contribution is 2.29. The van der Waals surface area contributed by atoms with E-state index in [0.29, 0.717) is 28.5 Å². The van der Waals surface area contributed by atoms with E-state index >= 15 is 0 Å². The number of rotatable bonds is 4. The summed E-state index contributed by atoms with van der Waals surface area (Å²) in [5.74, 6) is -0.396. The van der Waals surface area contributed by atoms with E-state index in [2.05, 4.69) is 25.4 Å². The fourth-order valence-corrected chi connectivity index (χ4v) is 2.52. The fourth-order valence-electron chi connectivity index (χ4n) is 2.18. The summed E-state index contributed by atoms with van der Waals surface area (Å²) < 4.78 is 4.69. The topological polar surface area (TPSA) is 89.6 Å². The van der Waals surface area contributed by atoms with Crippen LogP contribution in [0.5, 0.6) is 0 Å². The van der Waals surface area contributed by atoms with Crippen LogP contribution in [0, 0.1) is 0 Å². The number of halogens is 2. The lowest BCUT2D eigenvalue weighted by molar-refractivity contribution is -0.120. The lowest BCUT2D eigenvalue weighted by Crippen LogP contribution is -2.18. The van der Waals surface area contributed by atoms with Crippen molar-refractivity contribution >= 4 is 40.5 Å². The molecule has 0 bridgehead atoms. The van der Waals surface area contributed by atoms with Gasteiger partial charge in [-0.2, -0.15) is 0 Å². The van der Waals surface area contributed by atoms with Gasteiger partial charge in [-0.05, 0) is 36.6 Å². The van der Waals surface area contributed by atoms with Crippen molar-refractivity contribution in [3.05, 3.63) is 39.6 Å². The Labute approximate surface area is 141 Å². The van der Waals surface area contributed by atoms with Crippen LogP contribution in [0.4, 0.5) is 5.69 Å². The monoisotopic (exact) mass is 354 g/mol. The van der Waals surface area contributed by atoms with Gasteiger partial charge in [0, 0.05) is 0 Å². The molecule has 1 aromatic heterocycles. The van der Waals surface area contributed by atoms with Crippen LogP contribution >= 0.6 is 23.2 Å². The summed E-state index contributed by atoms with van der Waals surface area (Å²) in [4.78, 5) is 17.0. The molecular weight excluding hydrogens is 343 g/mol. The van der Waals surface area contributed by atoms with Gasteiger partial charge in [-0.3, -0.25) is 4.79 Å². The molecule has 1 aliphatic rings. The first-order valence-electron chi connectivity index (χ1n) is 6.89. The molecular formula is C14H12Cl2N4O3. The molecule has 0 fully saturated rings. The summed E-state index contributed by atoms with van der Waals surface area (Å²) in [5.41, 5.74) is 2.39. The minimum atomic E-state index is -0.396. The molecule has 7 nitrogen and oxygen atoms in total. The summed E-state index contributed by atoms with van der Waals surface area (Å²) in [6.07, 6.45) is 2.38. The Morgan fingerprint density at radius 3 is 3.09 bits per heavy atom. The molecule has 0 radical (unpaired) electrons. The number of carbonyl (C=O) groups is 1. The number of oxime groups is 1. The summed E-state index contributed by atoms with van der Waals surface area (Å²) in [5, 5.41) is 14.8. The first-order valence-corrected chi connectivity index (χ1v) is 7.65. The van der Waals surface area contributed by atoms with Gasteiger partial charge < -0.3 is 10.2 Å². The molecule has 1 aromatic carbocycles. The second kappa shape index (κ2) is 6.97. The third-order valence-electron chi connectivity index (χ3n) is 3.25. The average Bonchev–Trinajstić information content (AvgIpc) is 3.01. The highest BCUT2D eigenvalue weighted by atomic mass is 35.5. The van der Waals surface area contributed by atoms with Crippen LogP contribution in [0.2, 0.25) is 10.0 Å². The molecule has 2 aromatic rings. The molecule has 0 saturated carbocycles. The van der Waals surface area contributed by atoms with Crippen LogP contribution in [0.1, 0.15) is 24.2 Å². The molecule has 0 spiro atoms. The van der Waals surface area contributed by atoms with Crippen molar-refractivity contribution in [3.8, 4) is 0 Å². The van der Waals surface area contributed by atoms with Crippen LogP contribution in [-0.4, -0.2) is 28.5 Å². The largest absolute Gasteiger partial charge is 0.385 e. The maximum atomic E-state index is 11.9. The first kappa shape index (κ1) is 15.8. The van der Waals surface area contributed by atoms with Crippen LogP contribution < -0.4 is 5.32 Å². The van der Waals surface area contributed by atoms with Crippen molar-refractivity contribution in [2.24, 2.45) is 5.16 Å². The zero-order valence-electron chi connectivity index (χ0n) is 11.9. The number of nitrogens with one attached hydrogen (secondary N) is 1. The molecule has 0 saturated heterocycles. The highest BCUT2D eigenvalue weighted by Gasteiger charge is 2.21. The second-order valence-corrected chi connectivity index (χ2v) is 5.66. The quantitative estimate of drug-likeness (QED) is 0.852. The summed E-state index contributed by atoms with van der Waals surface area (Å²) in [7, 11) is 0. The number of anilines is 1. The predicted molar refractivity (Wildman–Crippen MR) is 84.8 cm³/mol. The first-order chi connectivity index (χ1) is 11.1. The molecule has 0 aliphatic heterocycles. The maximum Gasteiger partial charge on any atom is 0.265 e. The van der Waals surface area contributed by atoms with Gasteiger partial charge in [-0.15, -0.1) is 0 Å². The number of nitrogens with zero attached hydrogens (tertiary/aromatic N) is 3. The van der Waals surface area contributed by atoms with Gasteiger partial charge in [0.05, 0.1) is 15.7 Å². The Kier molecular flexibility index (Phi) is 4.78. The molecule has 1 aliphatic carbocycles. The molecule has 1 N–H and O–H groups in total. The molecule has 1 amide bonds. The number of amides is 1. The zero-order valence-corrected chi connectivity index (χ0v) is 13.4. The second-order valence-electron chi connectivity index (χ2n) is 4.87. The third-order valence-corrected chi connectivity index (χ3v) is 4.07. The van der Waals surface area contributed by atoms with Gasteiger partial charge in [0.1, 0.15) is 11.4 Å². The van der Waals surface area contributed by atoms with Crippen molar-refractivity contribution in [2.45, 2.75) is 19.3 Å². The molecule has 0 atom stereocenters. The number of hydrogen-bond donors (Lipinski definition) is 1. The Balaban J connectivity index is 1.58. The molecule has 9 heteroatoms. The Bertz CT molecular complexity index is 760. The Morgan fingerprint density at radius 1 is 1.35 bits per heavy atom. The zero-order chi connectivity index (χ0) is 16.2. The van der Waals surface area contributed by atoms with E-state index in [1.165, 1.54) is 0 Å². The molecule has 1 heterocycles. The van der Waals surface area contributed by atoms with Crippen molar-refractivity contribution in [1.29, 1.82) is 0 Å².